The Morgan fingerprint density at radius 3 is 2.41 bits per heavy atom. The van der Waals surface area contributed by atoms with E-state index in [1.165, 1.54) is 0 Å². The molecule has 1 aromatic carbocycles. The van der Waals surface area contributed by atoms with E-state index in [-0.39, 0.29) is 34.7 Å². The number of alkyl carbamates (subject to hydrolysis) is 1. The summed E-state index contributed by atoms with van der Waals surface area (Å²) in [5.74, 6) is -5.57. The summed E-state index contributed by atoms with van der Waals surface area (Å²) in [7, 11) is 0. The van der Waals surface area contributed by atoms with Crippen LogP contribution in [0.4, 0.5) is 28.2 Å². The maximum atomic E-state index is 14.3. The summed E-state index contributed by atoms with van der Waals surface area (Å²) in [6.45, 7) is 10.5. The van der Waals surface area contributed by atoms with Crippen LogP contribution >= 0.6 is 0 Å². The van der Waals surface area contributed by atoms with E-state index in [0.29, 0.717) is 32.0 Å². The highest BCUT2D eigenvalue weighted by Crippen LogP contribution is 2.42. The number of nitrogens with one attached hydrogen (secondary N) is 1. The summed E-state index contributed by atoms with van der Waals surface area (Å²) in [6, 6.07) is 4.95. The van der Waals surface area contributed by atoms with Gasteiger partial charge in [-0.05, 0) is 57.4 Å². The fourth-order valence-corrected chi connectivity index (χ4v) is 4.79. The zero-order valence-electron chi connectivity index (χ0n) is 22.6. The number of hydrogen-bond acceptors (Lipinski definition) is 6. The first-order valence-corrected chi connectivity index (χ1v) is 12.4. The van der Waals surface area contributed by atoms with Gasteiger partial charge in [-0.25, -0.2) is 18.6 Å². The number of nitriles is 1. The Morgan fingerprint density at radius 1 is 1.21 bits per heavy atom. The highest BCUT2D eigenvalue weighted by atomic mass is 19.3. The number of ether oxygens (including phenoxy) is 1. The van der Waals surface area contributed by atoms with Gasteiger partial charge < -0.3 is 15.0 Å². The Hall–Kier alpha value is -3.88. The fraction of sp³-hybridized carbons (Fsp3) is 0.481. The van der Waals surface area contributed by atoms with Gasteiger partial charge in [0.15, 0.2) is 5.65 Å². The molecule has 3 aromatic rings. The lowest BCUT2D eigenvalue weighted by Gasteiger charge is -2.29. The maximum Gasteiger partial charge on any atom is 0.407 e. The van der Waals surface area contributed by atoms with E-state index in [0.717, 1.165) is 22.7 Å². The zero-order valence-corrected chi connectivity index (χ0v) is 22.6. The minimum absolute atomic E-state index is 0.0324. The number of pyridine rings is 1. The maximum absolute atomic E-state index is 14.3. The topological polar surface area (TPSA) is 95.6 Å². The predicted octanol–water partition coefficient (Wildman–Crippen LogP) is 5.71. The number of fused-ring (bicyclic) bond motifs is 1. The summed E-state index contributed by atoms with van der Waals surface area (Å²) in [4.78, 5) is 18.1. The number of amides is 1. The summed E-state index contributed by atoms with van der Waals surface area (Å²) < 4.78 is 63.7. The van der Waals surface area contributed by atoms with Crippen molar-refractivity contribution >= 4 is 17.6 Å². The van der Waals surface area contributed by atoms with Gasteiger partial charge in [-0.15, -0.1) is 5.10 Å². The average Bonchev–Trinajstić information content (AvgIpc) is 3.40. The number of rotatable bonds is 5. The van der Waals surface area contributed by atoms with Crippen molar-refractivity contribution in [3.8, 4) is 17.2 Å². The molecule has 3 heterocycles. The second kappa shape index (κ2) is 9.70. The quantitative estimate of drug-likeness (QED) is 0.412. The molecule has 4 rings (SSSR count). The molecule has 8 nitrogen and oxygen atoms in total. The van der Waals surface area contributed by atoms with Crippen molar-refractivity contribution in [1.29, 1.82) is 5.26 Å². The average molecular weight is 547 g/mol. The summed E-state index contributed by atoms with van der Waals surface area (Å²) in [5.41, 5.74) is -0.522. The van der Waals surface area contributed by atoms with Crippen LogP contribution in [0, 0.1) is 35.3 Å². The number of benzene rings is 1. The van der Waals surface area contributed by atoms with E-state index in [1.54, 1.807) is 27.7 Å². The molecule has 0 radical (unpaired) electrons. The lowest BCUT2D eigenvalue weighted by Crippen LogP contribution is -2.40. The van der Waals surface area contributed by atoms with Crippen molar-refractivity contribution in [3.63, 3.8) is 0 Å². The second-order valence-corrected chi connectivity index (χ2v) is 11.4. The number of halogens is 4. The molecule has 1 N–H and O–H groups in total. The number of carbonyl (C=O) groups is 1. The first-order chi connectivity index (χ1) is 18.0. The molecule has 1 amide bonds. The SMILES string of the molecule is Cc1c(-c2cc(F)cc(F)c2)c(N2CC[C@@](C)(CNC(=O)OC(C)(C)C)C2)n2nc(C(C)(F)F)nc2c1C#N. The zero-order chi connectivity index (χ0) is 28.9. The predicted molar refractivity (Wildman–Crippen MR) is 137 cm³/mol. The highest BCUT2D eigenvalue weighted by molar-refractivity contribution is 5.85. The molecular formula is C27H30F4N6O2. The molecule has 2 aromatic heterocycles. The van der Waals surface area contributed by atoms with Gasteiger partial charge in [0.05, 0.1) is 0 Å². The first-order valence-electron chi connectivity index (χ1n) is 12.4. The Bertz CT molecular complexity index is 1460. The van der Waals surface area contributed by atoms with E-state index in [2.05, 4.69) is 15.4 Å². The molecule has 0 bridgehead atoms. The molecule has 0 unspecified atom stereocenters. The molecule has 1 fully saturated rings. The van der Waals surface area contributed by atoms with Crippen LogP contribution < -0.4 is 10.2 Å². The van der Waals surface area contributed by atoms with E-state index >= 15 is 0 Å². The van der Waals surface area contributed by atoms with E-state index in [4.69, 9.17) is 4.74 Å². The highest BCUT2D eigenvalue weighted by Gasteiger charge is 2.39. The molecule has 0 spiro atoms. The Kier molecular flexibility index (Phi) is 7.00. The Balaban J connectivity index is 1.85. The van der Waals surface area contributed by atoms with Gasteiger partial charge in [-0.3, -0.25) is 0 Å². The van der Waals surface area contributed by atoms with Crippen molar-refractivity contribution in [1.82, 2.24) is 19.9 Å². The molecule has 1 atom stereocenters. The van der Waals surface area contributed by atoms with Crippen LogP contribution in [0.5, 0.6) is 0 Å². The van der Waals surface area contributed by atoms with Gasteiger partial charge in [0.1, 0.15) is 34.7 Å². The molecule has 39 heavy (non-hydrogen) atoms. The van der Waals surface area contributed by atoms with Crippen molar-refractivity contribution in [2.45, 2.75) is 59.5 Å². The molecule has 0 aliphatic carbocycles. The van der Waals surface area contributed by atoms with Crippen molar-refractivity contribution in [3.05, 3.63) is 46.8 Å². The van der Waals surface area contributed by atoms with Gasteiger partial charge in [0.2, 0.25) is 5.82 Å². The molecular weight excluding hydrogens is 516 g/mol. The van der Waals surface area contributed by atoms with Crippen LogP contribution in [0.3, 0.4) is 0 Å². The van der Waals surface area contributed by atoms with Crippen LogP contribution in [0.25, 0.3) is 16.8 Å². The van der Waals surface area contributed by atoms with Gasteiger partial charge in [-0.1, -0.05) is 6.92 Å². The van der Waals surface area contributed by atoms with Gasteiger partial charge in [0.25, 0.3) is 0 Å². The number of hydrogen-bond donors (Lipinski definition) is 1. The van der Waals surface area contributed by atoms with Crippen LogP contribution in [0.1, 0.15) is 58.0 Å². The third-order valence-corrected chi connectivity index (χ3v) is 6.58. The third-order valence-electron chi connectivity index (χ3n) is 6.58. The number of carbonyl (C=O) groups excluding carboxylic acids is 1. The molecule has 12 heteroatoms. The van der Waals surface area contributed by atoms with Gasteiger partial charge >= 0.3 is 12.0 Å². The number of anilines is 1. The Labute approximate surface area is 223 Å². The molecule has 1 aliphatic heterocycles. The summed E-state index contributed by atoms with van der Waals surface area (Å²) in [6.07, 6.45) is 0.0204. The summed E-state index contributed by atoms with van der Waals surface area (Å²) in [5, 5.41) is 16.8. The van der Waals surface area contributed by atoms with Crippen LogP contribution in [0.15, 0.2) is 18.2 Å². The molecule has 0 saturated carbocycles. The normalized spacial score (nSPS) is 17.9. The third kappa shape index (κ3) is 5.77. The summed E-state index contributed by atoms with van der Waals surface area (Å²) >= 11 is 0. The smallest absolute Gasteiger partial charge is 0.407 e. The van der Waals surface area contributed by atoms with E-state index in [9.17, 15) is 27.6 Å². The van der Waals surface area contributed by atoms with Crippen LogP contribution in [-0.2, 0) is 10.7 Å². The van der Waals surface area contributed by atoms with Crippen molar-refractivity contribution in [2.24, 2.45) is 5.41 Å². The lowest BCUT2D eigenvalue weighted by molar-refractivity contribution is 0.00799. The van der Waals surface area contributed by atoms with E-state index in [1.807, 2.05) is 17.9 Å². The van der Waals surface area contributed by atoms with Crippen molar-refractivity contribution in [2.75, 3.05) is 24.5 Å². The largest absolute Gasteiger partial charge is 0.444 e. The lowest BCUT2D eigenvalue weighted by atomic mass is 9.90. The molecule has 1 aliphatic rings. The number of alkyl halides is 2. The van der Waals surface area contributed by atoms with Crippen molar-refractivity contribution < 1.29 is 27.1 Å². The molecule has 1 saturated heterocycles. The molecule has 208 valence electrons. The fourth-order valence-electron chi connectivity index (χ4n) is 4.79. The minimum Gasteiger partial charge on any atom is -0.444 e. The van der Waals surface area contributed by atoms with Gasteiger partial charge in [0, 0.05) is 43.6 Å². The number of nitrogens with zero attached hydrogens (tertiary/aromatic N) is 5. The Morgan fingerprint density at radius 2 is 1.85 bits per heavy atom. The van der Waals surface area contributed by atoms with Crippen LogP contribution in [0.2, 0.25) is 0 Å². The van der Waals surface area contributed by atoms with Crippen LogP contribution in [-0.4, -0.2) is 45.9 Å². The second-order valence-electron chi connectivity index (χ2n) is 11.4. The van der Waals surface area contributed by atoms with E-state index < -0.39 is 40.5 Å². The number of aromatic nitrogens is 3. The monoisotopic (exact) mass is 546 g/mol. The first kappa shape index (κ1) is 28.1. The minimum atomic E-state index is -3.40. The van der Waals surface area contributed by atoms with Gasteiger partial charge in [-0.2, -0.15) is 18.6 Å². The standard InChI is InChI=1S/C27H30F4N6O2/c1-15-19(12-32)21-34-23(27(6,30)31)35-37(21)22(20(15)16-9-17(28)11-18(29)10-16)36-8-7-26(5,14-36)13-33-24(38)39-25(2,3)4/h9-11H,7-8,13-14H2,1-6H3,(H,33,38)/t26-/m0/s1.